The van der Waals surface area contributed by atoms with E-state index in [0.717, 1.165) is 38.5 Å². The van der Waals surface area contributed by atoms with Crippen molar-refractivity contribution in [2.45, 2.75) is 162 Å². The van der Waals surface area contributed by atoms with Crippen molar-refractivity contribution in [3.8, 4) is 0 Å². The van der Waals surface area contributed by atoms with Gasteiger partial charge in [0, 0.05) is 0 Å². The van der Waals surface area contributed by atoms with Crippen molar-refractivity contribution in [1.29, 1.82) is 0 Å². The van der Waals surface area contributed by atoms with Crippen molar-refractivity contribution >= 4 is 11.4 Å². The summed E-state index contributed by atoms with van der Waals surface area (Å²) in [7, 11) is 0. The summed E-state index contributed by atoms with van der Waals surface area (Å²) in [6, 6.07) is 0. The lowest BCUT2D eigenvalue weighted by Crippen LogP contribution is -2.67. The highest BCUT2D eigenvalue weighted by molar-refractivity contribution is 7.74. The van der Waals surface area contributed by atoms with Crippen molar-refractivity contribution < 1.29 is 48.0 Å². The number of fused-ring (bicyclic) bond motifs is 5. The van der Waals surface area contributed by atoms with E-state index >= 15 is 0 Å². The highest BCUT2D eigenvalue weighted by Gasteiger charge is 2.71. The van der Waals surface area contributed by atoms with E-state index < -0.39 is 60.4 Å². The summed E-state index contributed by atoms with van der Waals surface area (Å²) in [5, 5.41) is 55.7. The molecule has 5 fully saturated rings. The van der Waals surface area contributed by atoms with Crippen LogP contribution in [0.5, 0.6) is 0 Å². The van der Waals surface area contributed by atoms with Gasteiger partial charge in [0.05, 0.1) is 24.4 Å². The Bertz CT molecular complexity index is 1190. The van der Waals surface area contributed by atoms with E-state index in [4.69, 9.17) is 18.2 Å². The Morgan fingerprint density at radius 3 is 2.21 bits per heavy atom. The molecule has 0 aromatic carbocycles. The fraction of sp³-hybridized carbons (Fsp3) is 0.944. The summed E-state index contributed by atoms with van der Waals surface area (Å²) < 4.78 is 37.8. The molecule has 0 bridgehead atoms. The lowest BCUT2D eigenvalue weighted by molar-refractivity contribution is -0.335. The second-order valence-electron chi connectivity index (χ2n) is 17.6. The van der Waals surface area contributed by atoms with E-state index in [1.54, 1.807) is 0 Å². The zero-order chi connectivity index (χ0) is 34.9. The van der Waals surface area contributed by atoms with Gasteiger partial charge in [-0.15, -0.1) is 0 Å². The van der Waals surface area contributed by atoms with Crippen LogP contribution in [0.15, 0.2) is 11.6 Å². The predicted molar refractivity (Wildman–Crippen MR) is 178 cm³/mol. The summed E-state index contributed by atoms with van der Waals surface area (Å²) >= 11 is -2.60. The molecule has 10 nitrogen and oxygen atoms in total. The molecular weight excluding hydrogens is 624 g/mol. The van der Waals surface area contributed by atoms with Crippen LogP contribution in [0, 0.1) is 45.3 Å². The summed E-state index contributed by atoms with van der Waals surface area (Å²) in [6.07, 6.45) is 1.60. The Hall–Kier alpha value is -0.470. The molecule has 11 heteroatoms. The molecule has 1 aliphatic heterocycles. The fourth-order valence-corrected chi connectivity index (χ4v) is 12.2. The Balaban J connectivity index is 1.47. The minimum atomic E-state index is -2.60. The van der Waals surface area contributed by atoms with Gasteiger partial charge in [-0.05, 0) is 124 Å². The zero-order valence-electron chi connectivity index (χ0n) is 29.7. The summed E-state index contributed by atoms with van der Waals surface area (Å²) in [4.78, 5) is 0. The zero-order valence-corrected chi connectivity index (χ0v) is 30.5. The molecule has 0 amide bonds. The first kappa shape index (κ1) is 37.8. The van der Waals surface area contributed by atoms with E-state index in [2.05, 4.69) is 40.7 Å². The quantitative estimate of drug-likeness (QED) is 0.150. The van der Waals surface area contributed by atoms with E-state index in [9.17, 15) is 29.7 Å². The first-order valence-corrected chi connectivity index (χ1v) is 18.9. The van der Waals surface area contributed by atoms with Gasteiger partial charge in [0.2, 0.25) is 0 Å². The summed E-state index contributed by atoms with van der Waals surface area (Å²) in [5.74, 6) is 0.535. The van der Waals surface area contributed by atoms with Crippen molar-refractivity contribution in [3.63, 3.8) is 0 Å². The van der Waals surface area contributed by atoms with Gasteiger partial charge in [-0.2, -0.15) is 4.21 Å². The molecule has 5 aliphatic rings. The molecule has 4 saturated carbocycles. The molecule has 5 unspecified atom stereocenters. The third kappa shape index (κ3) is 6.25. The van der Waals surface area contributed by atoms with Crippen molar-refractivity contribution in [2.75, 3.05) is 6.61 Å². The van der Waals surface area contributed by atoms with Crippen LogP contribution in [0.3, 0.4) is 0 Å². The molecule has 0 spiro atoms. The minimum absolute atomic E-state index is 0.0123. The summed E-state index contributed by atoms with van der Waals surface area (Å²) in [5.41, 5.74) is -0.0869. The van der Waals surface area contributed by atoms with Crippen molar-refractivity contribution in [2.24, 2.45) is 45.3 Å². The molecule has 1 heterocycles. The maximum absolute atomic E-state index is 12.3. The van der Waals surface area contributed by atoms with Gasteiger partial charge < -0.3 is 35.0 Å². The molecule has 0 radical (unpaired) electrons. The smallest absolute Gasteiger partial charge is 0.301 e. The molecule has 272 valence electrons. The average Bonchev–Trinajstić information content (AvgIpc) is 3.36. The predicted octanol–water partition coefficient (Wildman–Crippen LogP) is 4.49. The lowest BCUT2D eigenvalue weighted by Gasteiger charge is -2.70. The lowest BCUT2D eigenvalue weighted by atomic mass is 9.35. The average molecular weight is 687 g/mol. The Morgan fingerprint density at radius 1 is 0.915 bits per heavy atom. The van der Waals surface area contributed by atoms with Gasteiger partial charge in [0.25, 0.3) is 0 Å². The highest BCUT2D eigenvalue weighted by atomic mass is 32.2. The standard InChI is InChI=1S/C36H62O10S/c1-20(2)10-9-14-36(8,46-31-30(41)29(40)28(39)23(45-31)19-44-47(42)43)21-11-16-35(7)27(21)22(37)18-25-33(5)15-13-26(38)32(3,4)24(33)12-17-34(25,35)6/h10,21-31,37-41H,9,11-19H2,1-8H3,(H,42,43)/t21?,22-,23-,24?,25?,26+,27?,28-,29+,30-,31+,33+,34-,35-,36+/m1/s1. The largest absolute Gasteiger partial charge is 0.393 e. The number of hydrogen-bond acceptors (Lipinski definition) is 9. The molecule has 0 aromatic rings. The molecule has 5 rings (SSSR count). The van der Waals surface area contributed by atoms with Crippen LogP contribution in [0.4, 0.5) is 0 Å². The summed E-state index contributed by atoms with van der Waals surface area (Å²) in [6.45, 7) is 17.4. The maximum atomic E-state index is 12.3. The molecule has 0 aromatic heterocycles. The van der Waals surface area contributed by atoms with Crippen molar-refractivity contribution in [3.05, 3.63) is 11.6 Å². The normalized spacial score (nSPS) is 49.6. The first-order valence-electron chi connectivity index (χ1n) is 17.8. The van der Waals surface area contributed by atoms with Crippen molar-refractivity contribution in [1.82, 2.24) is 0 Å². The number of allylic oxidation sites excluding steroid dienone is 2. The first-order chi connectivity index (χ1) is 21.7. The molecule has 4 aliphatic carbocycles. The van der Waals surface area contributed by atoms with E-state index in [1.807, 2.05) is 20.8 Å². The molecular formula is C36H62O10S. The Labute approximate surface area is 284 Å². The second-order valence-corrected chi connectivity index (χ2v) is 18.3. The number of hydrogen-bond donors (Lipinski definition) is 6. The SMILES string of the molecule is CC(C)=CCC[C@](C)(O[C@@H]1O[C@H](COS(=O)O)[C@@H](O)[C@H](O)[C@H]1O)C1CC[C@]2(C)C1[C@H](O)CC1[C@@]3(C)CC[C@H](O)C(C)(C)C3CC[C@]12C. The van der Waals surface area contributed by atoms with Crippen LogP contribution < -0.4 is 0 Å². The van der Waals surface area contributed by atoms with Crippen LogP contribution in [-0.2, 0) is 25.0 Å². The second kappa shape index (κ2) is 13.3. The van der Waals surface area contributed by atoms with Crippen LogP contribution >= 0.6 is 0 Å². The third-order valence-electron chi connectivity index (χ3n) is 14.7. The third-order valence-corrected chi connectivity index (χ3v) is 15.1. The van der Waals surface area contributed by atoms with E-state index in [1.165, 1.54) is 5.57 Å². The monoisotopic (exact) mass is 686 g/mol. The van der Waals surface area contributed by atoms with E-state index in [0.29, 0.717) is 31.1 Å². The van der Waals surface area contributed by atoms with Crippen LogP contribution in [0.1, 0.15) is 113 Å². The van der Waals surface area contributed by atoms with Gasteiger partial charge in [-0.25, -0.2) is 0 Å². The Kier molecular flexibility index (Phi) is 10.7. The number of aliphatic hydroxyl groups is 5. The molecule has 1 saturated heterocycles. The topological polar surface area (TPSA) is 166 Å². The minimum Gasteiger partial charge on any atom is -0.393 e. The number of ether oxygens (including phenoxy) is 2. The molecule has 6 N–H and O–H groups in total. The molecule has 16 atom stereocenters. The van der Waals surface area contributed by atoms with E-state index in [-0.39, 0.29) is 39.6 Å². The van der Waals surface area contributed by atoms with Gasteiger partial charge in [-0.1, -0.05) is 46.3 Å². The number of rotatable bonds is 9. The number of aliphatic hydroxyl groups excluding tert-OH is 5. The van der Waals surface area contributed by atoms with Crippen LogP contribution in [0.25, 0.3) is 0 Å². The van der Waals surface area contributed by atoms with Gasteiger partial charge in [-0.3, -0.25) is 8.74 Å². The van der Waals surface area contributed by atoms with Gasteiger partial charge in [0.1, 0.15) is 24.4 Å². The van der Waals surface area contributed by atoms with Gasteiger partial charge in [0.15, 0.2) is 6.29 Å². The fourth-order valence-electron chi connectivity index (χ4n) is 12.0. The molecule has 47 heavy (non-hydrogen) atoms. The maximum Gasteiger partial charge on any atom is 0.301 e. The van der Waals surface area contributed by atoms with Crippen LogP contribution in [0.2, 0.25) is 0 Å². The highest BCUT2D eigenvalue weighted by Crippen LogP contribution is 2.76. The van der Waals surface area contributed by atoms with Crippen LogP contribution in [-0.4, -0.2) is 89.4 Å². The Morgan fingerprint density at radius 2 is 1.57 bits per heavy atom. The van der Waals surface area contributed by atoms with Gasteiger partial charge >= 0.3 is 11.4 Å².